The van der Waals surface area contributed by atoms with Crippen LogP contribution in [0.2, 0.25) is 0 Å². The number of hydrogen-bond donors (Lipinski definition) is 2. The fourth-order valence-corrected chi connectivity index (χ4v) is 3.31. The number of nitrogens with zero attached hydrogens (tertiary/aromatic N) is 1. The first-order chi connectivity index (χ1) is 10.2. The summed E-state index contributed by atoms with van der Waals surface area (Å²) in [5, 5.41) is 12.6. The first-order valence-corrected chi connectivity index (χ1v) is 8.58. The highest BCUT2D eigenvalue weighted by Gasteiger charge is 2.22. The minimum Gasteiger partial charge on any atom is -0.508 e. The number of nitrogens with one attached hydrogen (secondary N) is 1. The van der Waals surface area contributed by atoms with Crippen LogP contribution in [0.1, 0.15) is 19.8 Å². The van der Waals surface area contributed by atoms with Crippen LogP contribution in [0.5, 0.6) is 5.75 Å². The van der Waals surface area contributed by atoms with E-state index in [-0.39, 0.29) is 11.7 Å². The molecule has 1 aliphatic rings. The SMILES string of the molecule is CCNCC1CCN(C(=O)CSc2ccc(O)cc2)CC1. The molecule has 1 aromatic carbocycles. The molecule has 0 unspecified atom stereocenters. The fourth-order valence-electron chi connectivity index (χ4n) is 2.51. The highest BCUT2D eigenvalue weighted by atomic mass is 32.2. The second-order valence-electron chi connectivity index (χ2n) is 5.41. The predicted octanol–water partition coefficient (Wildman–Crippen LogP) is 2.33. The van der Waals surface area contributed by atoms with Gasteiger partial charge >= 0.3 is 0 Å². The van der Waals surface area contributed by atoms with Crippen LogP contribution in [0.4, 0.5) is 0 Å². The highest BCUT2D eigenvalue weighted by Crippen LogP contribution is 2.22. The van der Waals surface area contributed by atoms with Gasteiger partial charge in [-0.1, -0.05) is 6.92 Å². The molecule has 5 heteroatoms. The van der Waals surface area contributed by atoms with Crippen LogP contribution in [0.3, 0.4) is 0 Å². The molecule has 0 bridgehead atoms. The van der Waals surface area contributed by atoms with Gasteiger partial charge in [-0.3, -0.25) is 4.79 Å². The predicted molar refractivity (Wildman–Crippen MR) is 86.7 cm³/mol. The average molecular weight is 308 g/mol. The van der Waals surface area contributed by atoms with Crippen LogP contribution in [-0.4, -0.2) is 47.8 Å². The zero-order valence-corrected chi connectivity index (χ0v) is 13.4. The number of rotatable bonds is 6. The van der Waals surface area contributed by atoms with Gasteiger partial charge in [0.2, 0.25) is 5.91 Å². The number of carbonyl (C=O) groups is 1. The number of carbonyl (C=O) groups excluding carboxylic acids is 1. The summed E-state index contributed by atoms with van der Waals surface area (Å²) in [6.45, 7) is 5.97. The standard InChI is InChI=1S/C16H24N2O2S/c1-2-17-11-13-7-9-18(10-8-13)16(20)12-21-15-5-3-14(19)4-6-15/h3-6,13,17,19H,2,7-12H2,1H3. The summed E-state index contributed by atoms with van der Waals surface area (Å²) < 4.78 is 0. The highest BCUT2D eigenvalue weighted by molar-refractivity contribution is 8.00. The summed E-state index contributed by atoms with van der Waals surface area (Å²) in [4.78, 5) is 15.2. The maximum absolute atomic E-state index is 12.2. The minimum absolute atomic E-state index is 0.218. The number of hydrogen-bond acceptors (Lipinski definition) is 4. The summed E-state index contributed by atoms with van der Waals surface area (Å²) >= 11 is 1.53. The smallest absolute Gasteiger partial charge is 0.232 e. The second kappa shape index (κ2) is 8.29. The van der Waals surface area contributed by atoms with E-state index in [1.807, 2.05) is 17.0 Å². The zero-order chi connectivity index (χ0) is 15.1. The first kappa shape index (κ1) is 16.2. The van der Waals surface area contributed by atoms with Gasteiger partial charge in [0.25, 0.3) is 0 Å². The van der Waals surface area contributed by atoms with E-state index in [4.69, 9.17) is 0 Å². The Morgan fingerprint density at radius 3 is 2.62 bits per heavy atom. The van der Waals surface area contributed by atoms with Gasteiger partial charge in [0, 0.05) is 18.0 Å². The Balaban J connectivity index is 1.71. The molecule has 4 nitrogen and oxygen atoms in total. The van der Waals surface area contributed by atoms with Crippen LogP contribution in [0.15, 0.2) is 29.2 Å². The monoisotopic (exact) mass is 308 g/mol. The molecule has 0 radical (unpaired) electrons. The van der Waals surface area contributed by atoms with Gasteiger partial charge < -0.3 is 15.3 Å². The molecule has 1 aliphatic heterocycles. The van der Waals surface area contributed by atoms with E-state index >= 15 is 0 Å². The molecular weight excluding hydrogens is 284 g/mol. The Morgan fingerprint density at radius 2 is 2.00 bits per heavy atom. The van der Waals surface area contributed by atoms with Crippen molar-refractivity contribution in [2.24, 2.45) is 5.92 Å². The zero-order valence-electron chi connectivity index (χ0n) is 12.5. The molecule has 116 valence electrons. The van der Waals surface area contributed by atoms with Crippen molar-refractivity contribution >= 4 is 17.7 Å². The normalized spacial score (nSPS) is 16.1. The summed E-state index contributed by atoms with van der Waals surface area (Å²) in [7, 11) is 0. The third kappa shape index (κ3) is 5.25. The lowest BCUT2D eigenvalue weighted by Crippen LogP contribution is -2.41. The Labute approximate surface area is 130 Å². The van der Waals surface area contributed by atoms with E-state index in [0.29, 0.717) is 11.7 Å². The number of amides is 1. The molecule has 1 fully saturated rings. The van der Waals surface area contributed by atoms with Crippen molar-refractivity contribution in [2.75, 3.05) is 31.9 Å². The molecule has 1 heterocycles. The maximum atomic E-state index is 12.2. The summed E-state index contributed by atoms with van der Waals surface area (Å²) in [6.07, 6.45) is 2.20. The summed E-state index contributed by atoms with van der Waals surface area (Å²) in [5.74, 6) is 1.66. The van der Waals surface area contributed by atoms with Crippen molar-refractivity contribution in [3.63, 3.8) is 0 Å². The molecule has 0 aliphatic carbocycles. The molecule has 0 saturated carbocycles. The molecule has 0 aromatic heterocycles. The Bertz CT molecular complexity index is 442. The number of thioether (sulfide) groups is 1. The number of piperidine rings is 1. The van der Waals surface area contributed by atoms with Gasteiger partial charge in [0.1, 0.15) is 5.75 Å². The van der Waals surface area contributed by atoms with Crippen molar-refractivity contribution in [3.8, 4) is 5.75 Å². The molecule has 0 atom stereocenters. The fraction of sp³-hybridized carbons (Fsp3) is 0.562. The van der Waals surface area contributed by atoms with Crippen LogP contribution < -0.4 is 5.32 Å². The lowest BCUT2D eigenvalue weighted by Gasteiger charge is -2.32. The molecule has 2 rings (SSSR count). The molecule has 21 heavy (non-hydrogen) atoms. The van der Waals surface area contributed by atoms with Crippen molar-refractivity contribution in [1.82, 2.24) is 10.2 Å². The van der Waals surface area contributed by atoms with Crippen LogP contribution in [0.25, 0.3) is 0 Å². The third-order valence-corrected chi connectivity index (χ3v) is 4.85. The quantitative estimate of drug-likeness (QED) is 0.792. The Morgan fingerprint density at radius 1 is 1.33 bits per heavy atom. The summed E-state index contributed by atoms with van der Waals surface area (Å²) in [5.41, 5.74) is 0. The second-order valence-corrected chi connectivity index (χ2v) is 6.46. The number of phenolic OH excluding ortho intramolecular Hbond substituents is 1. The van der Waals surface area contributed by atoms with E-state index in [1.165, 1.54) is 11.8 Å². The molecule has 1 amide bonds. The lowest BCUT2D eigenvalue weighted by atomic mass is 9.97. The first-order valence-electron chi connectivity index (χ1n) is 7.59. The molecular formula is C16H24N2O2S. The van der Waals surface area contributed by atoms with Gasteiger partial charge in [0.05, 0.1) is 5.75 Å². The Kier molecular flexibility index (Phi) is 6.39. The van der Waals surface area contributed by atoms with Gasteiger partial charge in [-0.2, -0.15) is 0 Å². The molecule has 0 spiro atoms. The number of aromatic hydroxyl groups is 1. The largest absolute Gasteiger partial charge is 0.508 e. The number of benzene rings is 1. The van der Waals surface area contributed by atoms with E-state index in [2.05, 4.69) is 12.2 Å². The van der Waals surface area contributed by atoms with Gasteiger partial charge in [-0.15, -0.1) is 11.8 Å². The molecule has 1 saturated heterocycles. The summed E-state index contributed by atoms with van der Waals surface area (Å²) in [6, 6.07) is 6.99. The molecule has 2 N–H and O–H groups in total. The Hall–Kier alpha value is -1.20. The topological polar surface area (TPSA) is 52.6 Å². The molecule has 1 aromatic rings. The van der Waals surface area contributed by atoms with Crippen molar-refractivity contribution in [2.45, 2.75) is 24.7 Å². The average Bonchev–Trinajstić information content (AvgIpc) is 2.52. The maximum Gasteiger partial charge on any atom is 0.232 e. The van der Waals surface area contributed by atoms with E-state index in [1.54, 1.807) is 12.1 Å². The van der Waals surface area contributed by atoms with Crippen molar-refractivity contribution < 1.29 is 9.90 Å². The number of phenols is 1. The van der Waals surface area contributed by atoms with E-state index in [9.17, 15) is 9.90 Å². The lowest BCUT2D eigenvalue weighted by molar-refractivity contribution is -0.129. The van der Waals surface area contributed by atoms with Crippen molar-refractivity contribution in [3.05, 3.63) is 24.3 Å². The van der Waals surface area contributed by atoms with Crippen LogP contribution in [0, 0.1) is 5.92 Å². The van der Waals surface area contributed by atoms with Crippen molar-refractivity contribution in [1.29, 1.82) is 0 Å². The van der Waals surface area contributed by atoms with Crippen LogP contribution >= 0.6 is 11.8 Å². The number of likely N-dealkylation sites (tertiary alicyclic amines) is 1. The van der Waals surface area contributed by atoms with E-state index in [0.717, 1.165) is 43.9 Å². The van der Waals surface area contributed by atoms with Gasteiger partial charge in [-0.25, -0.2) is 0 Å². The van der Waals surface area contributed by atoms with Crippen LogP contribution in [-0.2, 0) is 4.79 Å². The van der Waals surface area contributed by atoms with Gasteiger partial charge in [-0.05, 0) is 56.1 Å². The third-order valence-electron chi connectivity index (χ3n) is 3.85. The minimum atomic E-state index is 0.218. The van der Waals surface area contributed by atoms with E-state index < -0.39 is 0 Å². The van der Waals surface area contributed by atoms with Gasteiger partial charge in [0.15, 0.2) is 0 Å².